The van der Waals surface area contributed by atoms with Gasteiger partial charge in [-0.3, -0.25) is 13.9 Å². The van der Waals surface area contributed by atoms with Crippen LogP contribution in [0, 0.1) is 5.82 Å². The summed E-state index contributed by atoms with van der Waals surface area (Å²) in [5, 5.41) is 3.02. The van der Waals surface area contributed by atoms with Gasteiger partial charge in [-0.2, -0.15) is 0 Å². The molecule has 0 aliphatic carbocycles. The van der Waals surface area contributed by atoms with Gasteiger partial charge in [0.1, 0.15) is 24.2 Å². The van der Waals surface area contributed by atoms with Crippen molar-refractivity contribution < 1.29 is 27.1 Å². The smallest absolute Gasteiger partial charge is 0.264 e. The lowest BCUT2D eigenvalue weighted by Gasteiger charge is -2.33. The van der Waals surface area contributed by atoms with E-state index in [1.807, 2.05) is 0 Å². The summed E-state index contributed by atoms with van der Waals surface area (Å²) in [5.41, 5.74) is 0.763. The number of sulfonamides is 1. The van der Waals surface area contributed by atoms with Crippen LogP contribution in [-0.2, 0) is 26.2 Å². The molecule has 0 fully saturated rings. The number of hydrogen-bond acceptors (Lipinski definition) is 5. The number of nitrogens with zero attached hydrogens (tertiary/aromatic N) is 2. The molecule has 0 radical (unpaired) electrons. The van der Waals surface area contributed by atoms with Crippen molar-refractivity contribution in [3.05, 3.63) is 89.2 Å². The van der Waals surface area contributed by atoms with Crippen LogP contribution in [0.15, 0.2) is 77.7 Å². The summed E-state index contributed by atoms with van der Waals surface area (Å²) in [6.45, 7) is 3.24. The van der Waals surface area contributed by atoms with Gasteiger partial charge in [0.05, 0.1) is 17.7 Å². The predicted octanol–water partition coefficient (Wildman–Crippen LogP) is 4.63. The van der Waals surface area contributed by atoms with E-state index in [1.165, 1.54) is 72.7 Å². The highest BCUT2D eigenvalue weighted by molar-refractivity contribution is 7.92. The van der Waals surface area contributed by atoms with Gasteiger partial charge in [0.15, 0.2) is 0 Å². The van der Waals surface area contributed by atoms with E-state index >= 15 is 0 Å². The highest BCUT2D eigenvalue weighted by Crippen LogP contribution is 2.28. The molecule has 3 aromatic carbocycles. The van der Waals surface area contributed by atoms with Crippen molar-refractivity contribution in [2.24, 2.45) is 0 Å². The van der Waals surface area contributed by atoms with Crippen LogP contribution in [0.2, 0.25) is 5.02 Å². The molecule has 0 spiro atoms. The Morgan fingerprint density at radius 2 is 1.69 bits per heavy atom. The van der Waals surface area contributed by atoms with Crippen LogP contribution in [0.5, 0.6) is 5.75 Å². The van der Waals surface area contributed by atoms with E-state index in [4.69, 9.17) is 16.3 Å². The van der Waals surface area contributed by atoms with Gasteiger partial charge in [0.2, 0.25) is 11.8 Å². The van der Waals surface area contributed by atoms with Crippen LogP contribution in [-0.4, -0.2) is 51.4 Å². The van der Waals surface area contributed by atoms with Gasteiger partial charge in [0, 0.05) is 18.1 Å². The van der Waals surface area contributed by atoms with Crippen LogP contribution >= 0.6 is 11.6 Å². The molecule has 0 saturated carbocycles. The van der Waals surface area contributed by atoms with E-state index < -0.39 is 34.3 Å². The third-order valence-corrected chi connectivity index (χ3v) is 8.05. The number of amides is 2. The molecule has 1 N–H and O–H groups in total. The molecular formula is C28H31ClFN3O5S. The number of likely N-dealkylation sites (N-methyl/N-ethyl adjacent to an activating group) is 1. The molecule has 0 aliphatic rings. The molecular weight excluding hydrogens is 545 g/mol. The normalized spacial score (nSPS) is 11.9. The molecule has 0 saturated heterocycles. The van der Waals surface area contributed by atoms with E-state index in [1.54, 1.807) is 26.0 Å². The second kappa shape index (κ2) is 13.4. The van der Waals surface area contributed by atoms with Gasteiger partial charge < -0.3 is 15.0 Å². The molecule has 2 amide bonds. The maximum absolute atomic E-state index is 13.9. The van der Waals surface area contributed by atoms with Crippen LogP contribution in [0.4, 0.5) is 10.1 Å². The summed E-state index contributed by atoms with van der Waals surface area (Å²) < 4.78 is 47.3. The van der Waals surface area contributed by atoms with Crippen molar-refractivity contribution >= 4 is 39.1 Å². The third-order valence-electron chi connectivity index (χ3n) is 6.03. The van der Waals surface area contributed by atoms with Crippen molar-refractivity contribution in [3.63, 3.8) is 0 Å². The average Bonchev–Trinajstić information content (AvgIpc) is 2.92. The summed E-state index contributed by atoms with van der Waals surface area (Å²) in [5.74, 6) is -0.958. The Balaban J connectivity index is 2.05. The van der Waals surface area contributed by atoms with Gasteiger partial charge in [-0.05, 0) is 73.5 Å². The lowest BCUT2D eigenvalue weighted by Crippen LogP contribution is -2.52. The monoisotopic (exact) mass is 575 g/mol. The van der Waals surface area contributed by atoms with Crippen LogP contribution < -0.4 is 14.4 Å². The molecule has 3 aromatic rings. The maximum Gasteiger partial charge on any atom is 0.264 e. The fourth-order valence-electron chi connectivity index (χ4n) is 4.03. The third kappa shape index (κ3) is 7.48. The number of methoxy groups -OCH3 is 1. The fourth-order valence-corrected chi connectivity index (χ4v) is 5.62. The molecule has 0 heterocycles. The first-order chi connectivity index (χ1) is 18.6. The van der Waals surface area contributed by atoms with Gasteiger partial charge in [0.25, 0.3) is 10.0 Å². The number of halogens is 2. The second-order valence-corrected chi connectivity index (χ2v) is 10.9. The number of carbonyl (C=O) groups is 2. The lowest BCUT2D eigenvalue weighted by atomic mass is 10.1. The minimum Gasteiger partial charge on any atom is -0.497 e. The molecule has 1 atom stereocenters. The Labute approximate surface area is 233 Å². The highest BCUT2D eigenvalue weighted by Gasteiger charge is 2.33. The second-order valence-electron chi connectivity index (χ2n) is 8.63. The van der Waals surface area contributed by atoms with Crippen molar-refractivity contribution in [2.75, 3.05) is 24.5 Å². The summed E-state index contributed by atoms with van der Waals surface area (Å²) in [4.78, 5) is 28.1. The largest absolute Gasteiger partial charge is 0.497 e. The van der Waals surface area contributed by atoms with Crippen molar-refractivity contribution in [2.45, 2.75) is 37.8 Å². The summed E-state index contributed by atoms with van der Waals surface area (Å²) in [7, 11) is -2.78. The first-order valence-corrected chi connectivity index (χ1v) is 14.2. The number of anilines is 1. The quantitative estimate of drug-likeness (QED) is 0.340. The molecule has 208 valence electrons. The van der Waals surface area contributed by atoms with Crippen LogP contribution in [0.1, 0.15) is 25.8 Å². The average molecular weight is 576 g/mol. The zero-order valence-corrected chi connectivity index (χ0v) is 23.5. The predicted molar refractivity (Wildman–Crippen MR) is 149 cm³/mol. The molecule has 1 unspecified atom stereocenters. The van der Waals surface area contributed by atoms with E-state index in [2.05, 4.69) is 5.32 Å². The number of benzene rings is 3. The molecule has 11 heteroatoms. The number of ether oxygens (including phenoxy) is 1. The molecule has 3 rings (SSSR count). The Kier molecular flexibility index (Phi) is 10.3. The Hall–Kier alpha value is -3.63. The summed E-state index contributed by atoms with van der Waals surface area (Å²) in [6, 6.07) is 16.6. The van der Waals surface area contributed by atoms with Gasteiger partial charge in [-0.15, -0.1) is 0 Å². The zero-order valence-electron chi connectivity index (χ0n) is 21.9. The van der Waals surface area contributed by atoms with E-state index in [0.29, 0.717) is 17.9 Å². The maximum atomic E-state index is 13.9. The number of nitrogens with one attached hydrogen (secondary N) is 1. The first-order valence-electron chi connectivity index (χ1n) is 12.3. The van der Waals surface area contributed by atoms with E-state index in [-0.39, 0.29) is 34.5 Å². The molecule has 8 nitrogen and oxygen atoms in total. The fraction of sp³-hybridized carbons (Fsp3) is 0.286. The first kappa shape index (κ1) is 29.9. The van der Waals surface area contributed by atoms with E-state index in [9.17, 15) is 22.4 Å². The zero-order chi connectivity index (χ0) is 28.6. The number of hydrogen-bond donors (Lipinski definition) is 1. The number of rotatable bonds is 12. The minimum atomic E-state index is -4.24. The number of carbonyl (C=O) groups excluding carboxylic acids is 2. The SMILES string of the molecule is CCNC(=O)C(CC)N(Cc1ccc(F)cc1)C(=O)CN(c1cccc(Cl)c1)S(=O)(=O)c1ccc(OC)cc1. The van der Waals surface area contributed by atoms with Crippen LogP contribution in [0.25, 0.3) is 0 Å². The molecule has 0 aliphatic heterocycles. The summed E-state index contributed by atoms with van der Waals surface area (Å²) >= 11 is 6.18. The van der Waals surface area contributed by atoms with E-state index in [0.717, 1.165) is 4.31 Å². The Morgan fingerprint density at radius 1 is 1.03 bits per heavy atom. The van der Waals surface area contributed by atoms with Gasteiger partial charge in [-0.1, -0.05) is 36.7 Å². The molecule has 0 bridgehead atoms. The van der Waals surface area contributed by atoms with Gasteiger partial charge >= 0.3 is 0 Å². The highest BCUT2D eigenvalue weighted by atomic mass is 35.5. The molecule has 0 aromatic heterocycles. The molecule has 39 heavy (non-hydrogen) atoms. The van der Waals surface area contributed by atoms with Crippen molar-refractivity contribution in [1.29, 1.82) is 0 Å². The Bertz CT molecular complexity index is 1390. The Morgan fingerprint density at radius 3 is 2.26 bits per heavy atom. The van der Waals surface area contributed by atoms with Crippen LogP contribution in [0.3, 0.4) is 0 Å². The minimum absolute atomic E-state index is 0.0271. The summed E-state index contributed by atoms with van der Waals surface area (Å²) in [6.07, 6.45) is 0.279. The standard InChI is InChI=1S/C28H31ClFN3O5S/c1-4-26(28(35)31-5-2)32(18-20-9-11-22(30)12-10-20)27(34)19-33(23-8-6-7-21(29)17-23)39(36,37)25-15-13-24(38-3)14-16-25/h6-17,26H,4-5,18-19H2,1-3H3,(H,31,35). The lowest BCUT2D eigenvalue weighted by molar-refractivity contribution is -0.140. The van der Waals surface area contributed by atoms with Gasteiger partial charge in [-0.25, -0.2) is 12.8 Å². The van der Waals surface area contributed by atoms with Crippen molar-refractivity contribution in [1.82, 2.24) is 10.2 Å². The topological polar surface area (TPSA) is 96.0 Å². The van der Waals surface area contributed by atoms with Crippen molar-refractivity contribution in [3.8, 4) is 5.75 Å².